The highest BCUT2D eigenvalue weighted by Crippen LogP contribution is 2.27. The van der Waals surface area contributed by atoms with Crippen molar-refractivity contribution in [3.63, 3.8) is 0 Å². The third kappa shape index (κ3) is 5.18. The molecule has 0 saturated heterocycles. The van der Waals surface area contributed by atoms with Gasteiger partial charge in [-0.25, -0.2) is 4.79 Å². The van der Waals surface area contributed by atoms with Crippen molar-refractivity contribution >= 4 is 34.1 Å². The molecule has 0 aromatic carbocycles. The highest BCUT2D eigenvalue weighted by atomic mass is 32.1. The first-order valence-electron chi connectivity index (χ1n) is 7.82. The number of amides is 2. The molecule has 1 atom stereocenters. The van der Waals surface area contributed by atoms with E-state index in [1.165, 1.54) is 6.26 Å². The number of esters is 1. The molecule has 134 valence electrons. The summed E-state index contributed by atoms with van der Waals surface area (Å²) >= 11 is 1.08. The van der Waals surface area contributed by atoms with Crippen LogP contribution in [0.3, 0.4) is 0 Å². The molecule has 0 aliphatic heterocycles. The summed E-state index contributed by atoms with van der Waals surface area (Å²) in [6.45, 7) is 5.21. The average Bonchev–Trinajstić information content (AvgIpc) is 3.22. The Balaban J connectivity index is 1.93. The van der Waals surface area contributed by atoms with Crippen molar-refractivity contribution in [2.75, 3.05) is 11.9 Å². The lowest BCUT2D eigenvalue weighted by atomic mass is 10.2. The van der Waals surface area contributed by atoms with Gasteiger partial charge in [-0.2, -0.15) is 0 Å². The van der Waals surface area contributed by atoms with Crippen LogP contribution < -0.4 is 10.6 Å². The van der Waals surface area contributed by atoms with E-state index in [0.717, 1.165) is 17.8 Å². The summed E-state index contributed by atoms with van der Waals surface area (Å²) in [5.74, 6) is -1.17. The van der Waals surface area contributed by atoms with Crippen molar-refractivity contribution < 1.29 is 23.5 Å². The fraction of sp³-hybridized carbons (Fsp3) is 0.353. The number of furan rings is 1. The van der Waals surface area contributed by atoms with Gasteiger partial charge in [0.1, 0.15) is 4.88 Å². The number of rotatable bonds is 7. The van der Waals surface area contributed by atoms with Crippen LogP contribution in [0.15, 0.2) is 28.9 Å². The van der Waals surface area contributed by atoms with Gasteiger partial charge in [-0.1, -0.05) is 6.92 Å². The lowest BCUT2D eigenvalue weighted by Crippen LogP contribution is -2.35. The molecule has 2 amide bonds. The molecule has 2 aromatic heterocycles. The van der Waals surface area contributed by atoms with Crippen LogP contribution in [-0.4, -0.2) is 30.4 Å². The molecule has 0 radical (unpaired) electrons. The van der Waals surface area contributed by atoms with Crippen molar-refractivity contribution in [1.29, 1.82) is 0 Å². The van der Waals surface area contributed by atoms with Gasteiger partial charge in [0.15, 0.2) is 12.4 Å². The van der Waals surface area contributed by atoms with Crippen LogP contribution in [0.5, 0.6) is 0 Å². The topological polar surface area (TPSA) is 97.6 Å². The normalized spacial score (nSPS) is 11.6. The summed E-state index contributed by atoms with van der Waals surface area (Å²) in [5, 5.41) is 5.87. The van der Waals surface area contributed by atoms with Gasteiger partial charge in [0.25, 0.3) is 11.8 Å². The van der Waals surface area contributed by atoms with E-state index in [1.807, 2.05) is 13.8 Å². The van der Waals surface area contributed by atoms with Crippen LogP contribution in [-0.2, 0) is 9.53 Å². The van der Waals surface area contributed by atoms with Gasteiger partial charge in [0, 0.05) is 6.04 Å². The molecule has 0 aliphatic rings. The zero-order valence-electron chi connectivity index (χ0n) is 14.3. The molecule has 0 unspecified atom stereocenters. The van der Waals surface area contributed by atoms with Gasteiger partial charge >= 0.3 is 5.97 Å². The van der Waals surface area contributed by atoms with Crippen molar-refractivity contribution in [3.8, 4) is 0 Å². The lowest BCUT2D eigenvalue weighted by molar-refractivity contribution is -0.124. The van der Waals surface area contributed by atoms with Gasteiger partial charge in [-0.3, -0.25) is 9.59 Å². The van der Waals surface area contributed by atoms with Crippen molar-refractivity contribution in [2.24, 2.45) is 0 Å². The highest BCUT2D eigenvalue weighted by molar-refractivity contribution is 7.18. The van der Waals surface area contributed by atoms with E-state index in [9.17, 15) is 14.4 Å². The third-order valence-electron chi connectivity index (χ3n) is 3.44. The number of ether oxygens (including phenoxy) is 1. The van der Waals surface area contributed by atoms with Crippen LogP contribution in [0, 0.1) is 6.92 Å². The summed E-state index contributed by atoms with van der Waals surface area (Å²) in [4.78, 5) is 36.1. The first kappa shape index (κ1) is 18.7. The average molecular weight is 364 g/mol. The molecule has 0 spiro atoms. The van der Waals surface area contributed by atoms with Gasteiger partial charge in [0.2, 0.25) is 0 Å². The number of carbonyl (C=O) groups is 3. The number of anilines is 1. The summed E-state index contributed by atoms with van der Waals surface area (Å²) in [6, 6.07) is 4.85. The number of hydrogen-bond donors (Lipinski definition) is 2. The van der Waals surface area contributed by atoms with E-state index < -0.39 is 11.9 Å². The lowest BCUT2D eigenvalue weighted by Gasteiger charge is -2.11. The second-order valence-electron chi connectivity index (χ2n) is 5.51. The second kappa shape index (κ2) is 8.48. The Kier molecular flexibility index (Phi) is 6.35. The number of nitrogens with one attached hydrogen (secondary N) is 2. The van der Waals surface area contributed by atoms with Crippen LogP contribution in [0.4, 0.5) is 5.00 Å². The van der Waals surface area contributed by atoms with E-state index in [4.69, 9.17) is 9.15 Å². The number of hydrogen-bond acceptors (Lipinski definition) is 6. The van der Waals surface area contributed by atoms with Crippen LogP contribution in [0.1, 0.15) is 46.1 Å². The molecule has 0 fully saturated rings. The largest absolute Gasteiger partial charge is 0.459 e. The molecule has 0 aliphatic carbocycles. The SMILES string of the molecule is CC[C@@H](C)NC(=O)COC(=O)c1sc(NC(=O)c2ccco2)cc1C. The Morgan fingerprint density at radius 2 is 2.12 bits per heavy atom. The molecule has 2 rings (SSSR count). The minimum Gasteiger partial charge on any atom is -0.459 e. The summed E-state index contributed by atoms with van der Waals surface area (Å²) < 4.78 is 10.0. The standard InChI is InChI=1S/C17H20N2O5S/c1-4-11(3)18-13(20)9-24-17(22)15-10(2)8-14(25-15)19-16(21)12-6-5-7-23-12/h5-8,11H,4,9H2,1-3H3,(H,18,20)(H,19,21)/t11-/m1/s1. The Morgan fingerprint density at radius 3 is 2.76 bits per heavy atom. The molecule has 25 heavy (non-hydrogen) atoms. The van der Waals surface area contributed by atoms with E-state index in [2.05, 4.69) is 10.6 Å². The Hall–Kier alpha value is -2.61. The zero-order valence-corrected chi connectivity index (χ0v) is 15.1. The van der Waals surface area contributed by atoms with Crippen LogP contribution >= 0.6 is 11.3 Å². The first-order chi connectivity index (χ1) is 11.9. The minimum absolute atomic E-state index is 0.0260. The van der Waals surface area contributed by atoms with E-state index >= 15 is 0 Å². The van der Waals surface area contributed by atoms with E-state index in [-0.39, 0.29) is 24.3 Å². The molecule has 2 heterocycles. The Bertz CT molecular complexity index is 751. The monoisotopic (exact) mass is 364 g/mol. The van der Waals surface area contributed by atoms with E-state index in [1.54, 1.807) is 25.1 Å². The summed E-state index contributed by atoms with van der Waals surface area (Å²) in [6.07, 6.45) is 2.20. The molecule has 0 saturated carbocycles. The smallest absolute Gasteiger partial charge is 0.349 e. The molecule has 7 nitrogen and oxygen atoms in total. The maximum Gasteiger partial charge on any atom is 0.349 e. The third-order valence-corrected chi connectivity index (χ3v) is 4.57. The zero-order chi connectivity index (χ0) is 18.4. The second-order valence-corrected chi connectivity index (χ2v) is 6.56. The molecule has 2 N–H and O–H groups in total. The summed E-state index contributed by atoms with van der Waals surface area (Å²) in [5.41, 5.74) is 0.659. The fourth-order valence-electron chi connectivity index (χ4n) is 1.94. The maximum atomic E-state index is 12.1. The molecule has 2 aromatic rings. The minimum atomic E-state index is -0.597. The highest BCUT2D eigenvalue weighted by Gasteiger charge is 2.18. The first-order valence-corrected chi connectivity index (χ1v) is 8.64. The van der Waals surface area contributed by atoms with Crippen molar-refractivity contribution in [3.05, 3.63) is 40.7 Å². The summed E-state index contributed by atoms with van der Waals surface area (Å²) in [7, 11) is 0. The fourth-order valence-corrected chi connectivity index (χ4v) is 2.90. The van der Waals surface area contributed by atoms with Gasteiger partial charge in [-0.15, -0.1) is 11.3 Å². The number of aryl methyl sites for hydroxylation is 1. The maximum absolute atomic E-state index is 12.1. The quantitative estimate of drug-likeness (QED) is 0.736. The van der Waals surface area contributed by atoms with Crippen LogP contribution in [0.2, 0.25) is 0 Å². The van der Waals surface area contributed by atoms with Crippen molar-refractivity contribution in [2.45, 2.75) is 33.2 Å². The van der Waals surface area contributed by atoms with Crippen molar-refractivity contribution in [1.82, 2.24) is 5.32 Å². The number of carbonyl (C=O) groups excluding carboxylic acids is 3. The molecular weight excluding hydrogens is 344 g/mol. The predicted octanol–water partition coefficient (Wildman–Crippen LogP) is 2.97. The molecule has 0 bridgehead atoms. The van der Waals surface area contributed by atoms with Gasteiger partial charge < -0.3 is 19.8 Å². The predicted molar refractivity (Wildman–Crippen MR) is 93.9 cm³/mol. The Labute approximate surface area is 149 Å². The molecular formula is C17H20N2O5S. The van der Waals surface area contributed by atoms with Gasteiger partial charge in [-0.05, 0) is 44.0 Å². The van der Waals surface area contributed by atoms with Crippen LogP contribution in [0.25, 0.3) is 0 Å². The molecule has 8 heteroatoms. The Morgan fingerprint density at radius 1 is 1.36 bits per heavy atom. The van der Waals surface area contributed by atoms with Gasteiger partial charge in [0.05, 0.1) is 11.3 Å². The number of thiophene rings is 1. The van der Waals surface area contributed by atoms with E-state index in [0.29, 0.717) is 15.4 Å².